The highest BCUT2D eigenvalue weighted by Crippen LogP contribution is 2.52. The Morgan fingerprint density at radius 2 is 2.03 bits per heavy atom. The number of benzene rings is 2. The maximum Gasteiger partial charge on any atom is 0.200 e. The maximum absolute atomic E-state index is 16.7. The highest BCUT2D eigenvalue weighted by Gasteiger charge is 2.51. The van der Waals surface area contributed by atoms with Crippen molar-refractivity contribution in [3.63, 3.8) is 0 Å². The Bertz CT molecular complexity index is 1520. The molecule has 2 aromatic carbocycles. The molecule has 0 bridgehead atoms. The summed E-state index contributed by atoms with van der Waals surface area (Å²) in [6, 6.07) is 11.3. The van der Waals surface area contributed by atoms with E-state index in [1.54, 1.807) is 29.8 Å². The van der Waals surface area contributed by atoms with Gasteiger partial charge in [0.1, 0.15) is 18.2 Å². The maximum atomic E-state index is 16.7. The van der Waals surface area contributed by atoms with Gasteiger partial charge in [-0.1, -0.05) is 31.2 Å². The summed E-state index contributed by atoms with van der Waals surface area (Å²) in [6.45, 7) is 7.27. The van der Waals surface area contributed by atoms with Crippen LogP contribution in [-0.4, -0.2) is 32.8 Å². The number of alkyl halides is 1. The van der Waals surface area contributed by atoms with Crippen LogP contribution in [-0.2, 0) is 19.3 Å². The molecule has 2 atom stereocenters. The summed E-state index contributed by atoms with van der Waals surface area (Å²) >= 11 is 0. The van der Waals surface area contributed by atoms with Gasteiger partial charge in [-0.05, 0) is 79.5 Å². The third kappa shape index (κ3) is 4.29. The first kappa shape index (κ1) is 24.0. The van der Waals surface area contributed by atoms with Crippen LogP contribution in [0.25, 0.3) is 22.1 Å². The van der Waals surface area contributed by atoms with E-state index in [1.165, 1.54) is 25.4 Å². The average molecular weight is 501 g/mol. The van der Waals surface area contributed by atoms with E-state index in [2.05, 4.69) is 28.1 Å². The van der Waals surface area contributed by atoms with Crippen LogP contribution >= 0.6 is 0 Å². The van der Waals surface area contributed by atoms with E-state index in [0.29, 0.717) is 39.4 Å². The molecule has 6 nitrogen and oxygen atoms in total. The van der Waals surface area contributed by atoms with Crippen LogP contribution in [0.2, 0.25) is 0 Å². The van der Waals surface area contributed by atoms with Gasteiger partial charge in [0.05, 0.1) is 10.9 Å². The molecule has 192 valence electrons. The molecule has 1 aliphatic heterocycles. The molecular formula is C30H33FN4O2. The standard InChI is InChI=1S/C30H33FN4O2/c1-19-6-5-11-35(15-19)16-21-12-20(2)28-25(13-21)27(36)26(17-37-28)22-7-4-8-24(14-22)30(31,23-9-10-23)29-33-32-18-34(29)3/h4,7-8,12-14,17-19,23H,5-6,9-11,15-16H2,1-3H3/t19-,30?/m0/s1. The van der Waals surface area contributed by atoms with Crippen molar-refractivity contribution in [1.29, 1.82) is 0 Å². The Morgan fingerprint density at radius 3 is 2.76 bits per heavy atom. The predicted octanol–water partition coefficient (Wildman–Crippen LogP) is 5.75. The molecule has 1 saturated carbocycles. The molecule has 0 spiro atoms. The zero-order chi connectivity index (χ0) is 25.7. The summed E-state index contributed by atoms with van der Waals surface area (Å²) in [5, 5.41) is 8.61. The van der Waals surface area contributed by atoms with Gasteiger partial charge in [0.2, 0.25) is 5.43 Å². The van der Waals surface area contributed by atoms with Crippen molar-refractivity contribution in [3.05, 3.63) is 81.7 Å². The topological polar surface area (TPSA) is 64.2 Å². The summed E-state index contributed by atoms with van der Waals surface area (Å²) in [4.78, 5) is 16.2. The number of aromatic nitrogens is 3. The number of piperidine rings is 1. The van der Waals surface area contributed by atoms with Crippen molar-refractivity contribution in [2.24, 2.45) is 18.9 Å². The Balaban J connectivity index is 1.40. The van der Waals surface area contributed by atoms with Gasteiger partial charge < -0.3 is 8.98 Å². The van der Waals surface area contributed by atoms with E-state index < -0.39 is 5.67 Å². The van der Waals surface area contributed by atoms with Crippen molar-refractivity contribution >= 4 is 11.0 Å². The quantitative estimate of drug-likeness (QED) is 0.337. The van der Waals surface area contributed by atoms with E-state index in [0.717, 1.165) is 43.6 Å². The van der Waals surface area contributed by atoms with Gasteiger partial charge >= 0.3 is 0 Å². The van der Waals surface area contributed by atoms with Crippen LogP contribution in [0.4, 0.5) is 4.39 Å². The van der Waals surface area contributed by atoms with Crippen molar-refractivity contribution in [3.8, 4) is 11.1 Å². The molecule has 0 N–H and O–H groups in total. The second kappa shape index (κ2) is 9.21. The van der Waals surface area contributed by atoms with Crippen LogP contribution in [0.1, 0.15) is 55.1 Å². The van der Waals surface area contributed by atoms with Gasteiger partial charge in [0, 0.05) is 26.1 Å². The zero-order valence-corrected chi connectivity index (χ0v) is 21.7. The largest absolute Gasteiger partial charge is 0.463 e. The van der Waals surface area contributed by atoms with Crippen LogP contribution in [0.5, 0.6) is 0 Å². The molecule has 0 radical (unpaired) electrons. The summed E-state index contributed by atoms with van der Waals surface area (Å²) in [7, 11) is 1.76. The number of likely N-dealkylation sites (tertiary alicyclic amines) is 1. The zero-order valence-electron chi connectivity index (χ0n) is 21.7. The molecule has 2 fully saturated rings. The minimum absolute atomic E-state index is 0.0927. The van der Waals surface area contributed by atoms with Gasteiger partial charge in [-0.25, -0.2) is 4.39 Å². The van der Waals surface area contributed by atoms with Crippen LogP contribution in [0.3, 0.4) is 0 Å². The lowest BCUT2D eigenvalue weighted by Crippen LogP contribution is -2.33. The Labute approximate surface area is 216 Å². The molecule has 7 heteroatoms. The second-order valence-electron chi connectivity index (χ2n) is 11.1. The van der Waals surface area contributed by atoms with Gasteiger partial charge in [-0.2, -0.15) is 0 Å². The Morgan fingerprint density at radius 1 is 1.19 bits per heavy atom. The fraction of sp³-hybridized carbons (Fsp3) is 0.433. The lowest BCUT2D eigenvalue weighted by Gasteiger charge is -2.30. The van der Waals surface area contributed by atoms with Crippen molar-refractivity contribution in [2.45, 2.75) is 51.7 Å². The van der Waals surface area contributed by atoms with E-state index in [9.17, 15) is 4.79 Å². The first-order chi connectivity index (χ1) is 17.8. The fourth-order valence-electron chi connectivity index (χ4n) is 6.02. The minimum atomic E-state index is -1.76. The molecule has 0 amide bonds. The first-order valence-corrected chi connectivity index (χ1v) is 13.3. The van der Waals surface area contributed by atoms with Crippen molar-refractivity contribution < 1.29 is 8.81 Å². The lowest BCUT2D eigenvalue weighted by atomic mass is 9.87. The van der Waals surface area contributed by atoms with Gasteiger partial charge in [0.25, 0.3) is 0 Å². The minimum Gasteiger partial charge on any atom is -0.463 e. The van der Waals surface area contributed by atoms with Gasteiger partial charge in [0.15, 0.2) is 11.5 Å². The molecular weight excluding hydrogens is 467 g/mol. The number of fused-ring (bicyclic) bond motifs is 1. The number of nitrogens with zero attached hydrogens (tertiary/aromatic N) is 4. The van der Waals surface area contributed by atoms with Gasteiger partial charge in [-0.3, -0.25) is 9.69 Å². The van der Waals surface area contributed by atoms with E-state index in [1.807, 2.05) is 19.1 Å². The van der Waals surface area contributed by atoms with Crippen molar-refractivity contribution in [1.82, 2.24) is 19.7 Å². The normalized spacial score (nSPS) is 20.3. The highest BCUT2D eigenvalue weighted by molar-refractivity contribution is 5.84. The first-order valence-electron chi connectivity index (χ1n) is 13.3. The molecule has 37 heavy (non-hydrogen) atoms. The summed E-state index contributed by atoms with van der Waals surface area (Å²) in [5.74, 6) is 0.838. The molecule has 2 aromatic heterocycles. The van der Waals surface area contributed by atoms with Crippen molar-refractivity contribution in [2.75, 3.05) is 13.1 Å². The Hall–Kier alpha value is -3.32. The molecule has 6 rings (SSSR count). The predicted molar refractivity (Wildman–Crippen MR) is 142 cm³/mol. The van der Waals surface area contributed by atoms with E-state index in [4.69, 9.17) is 4.42 Å². The molecule has 3 heterocycles. The fourth-order valence-corrected chi connectivity index (χ4v) is 6.02. The third-order valence-electron chi connectivity index (χ3n) is 8.04. The monoisotopic (exact) mass is 500 g/mol. The molecule has 1 unspecified atom stereocenters. The summed E-state index contributed by atoms with van der Waals surface area (Å²) in [6.07, 6.45) is 7.12. The number of hydrogen-bond donors (Lipinski definition) is 0. The number of rotatable bonds is 6. The summed E-state index contributed by atoms with van der Waals surface area (Å²) < 4.78 is 24.4. The summed E-state index contributed by atoms with van der Waals surface area (Å²) in [5.41, 5.74) is 2.41. The molecule has 1 aliphatic carbocycles. The van der Waals surface area contributed by atoms with Crippen LogP contribution < -0.4 is 5.43 Å². The van der Waals surface area contributed by atoms with E-state index >= 15 is 4.39 Å². The smallest absolute Gasteiger partial charge is 0.200 e. The SMILES string of the molecule is Cc1cc(CN2CCC[C@H](C)C2)cc2c(=O)c(-c3cccc(C(F)(c4nncn4C)C4CC4)c3)coc12. The molecule has 2 aliphatic rings. The highest BCUT2D eigenvalue weighted by atomic mass is 19.1. The number of hydrogen-bond acceptors (Lipinski definition) is 5. The average Bonchev–Trinajstić information content (AvgIpc) is 3.65. The van der Waals surface area contributed by atoms with E-state index in [-0.39, 0.29) is 11.3 Å². The number of aryl methyl sites for hydroxylation is 2. The third-order valence-corrected chi connectivity index (χ3v) is 8.04. The molecule has 4 aromatic rings. The molecule has 1 saturated heterocycles. The Kier molecular flexibility index (Phi) is 5.98. The van der Waals surface area contributed by atoms with Gasteiger partial charge in [-0.15, -0.1) is 10.2 Å². The van der Waals surface area contributed by atoms with Crippen LogP contribution in [0.15, 0.2) is 58.2 Å². The number of halogens is 1. The van der Waals surface area contributed by atoms with Crippen LogP contribution in [0, 0.1) is 18.8 Å². The second-order valence-corrected chi connectivity index (χ2v) is 11.1. The lowest BCUT2D eigenvalue weighted by molar-refractivity contribution is 0.168.